The number of hydrogen-bond donors (Lipinski definition) is 1. The highest BCUT2D eigenvalue weighted by atomic mass is 32.2. The van der Waals surface area contributed by atoms with Gasteiger partial charge in [-0.25, -0.2) is 4.98 Å². The summed E-state index contributed by atoms with van der Waals surface area (Å²) in [5, 5.41) is 0.658. The van der Waals surface area contributed by atoms with Gasteiger partial charge in [-0.15, -0.1) is 0 Å². The summed E-state index contributed by atoms with van der Waals surface area (Å²) in [5.41, 5.74) is 6.25. The average molecular weight is 250 g/mol. The maximum Gasteiger partial charge on any atom is 0.176 e. The maximum atomic E-state index is 12.0. The van der Waals surface area contributed by atoms with Crippen LogP contribution >= 0.6 is 11.8 Å². The van der Waals surface area contributed by atoms with Gasteiger partial charge in [0.1, 0.15) is 5.82 Å². The van der Waals surface area contributed by atoms with Gasteiger partial charge in [-0.2, -0.15) is 11.8 Å². The van der Waals surface area contributed by atoms with Gasteiger partial charge in [-0.1, -0.05) is 19.3 Å². The van der Waals surface area contributed by atoms with E-state index in [0.717, 1.165) is 0 Å². The number of hydrogen-bond acceptors (Lipinski definition) is 4. The highest BCUT2D eigenvalue weighted by Gasteiger charge is 2.17. The maximum absolute atomic E-state index is 12.0. The Labute approximate surface area is 106 Å². The molecule has 2 rings (SSSR count). The van der Waals surface area contributed by atoms with Gasteiger partial charge in [0.2, 0.25) is 0 Å². The number of nitrogen functional groups attached to an aromatic ring is 1. The Morgan fingerprint density at radius 1 is 1.41 bits per heavy atom. The smallest absolute Gasteiger partial charge is 0.176 e. The number of thioether (sulfide) groups is 1. The summed E-state index contributed by atoms with van der Waals surface area (Å²) in [7, 11) is 0. The van der Waals surface area contributed by atoms with Crippen LogP contribution in [0.1, 0.15) is 42.5 Å². The Hall–Kier alpha value is -1.03. The van der Waals surface area contributed by atoms with Crippen LogP contribution in [0.15, 0.2) is 18.3 Å². The Balaban J connectivity index is 1.87. The minimum Gasteiger partial charge on any atom is -0.383 e. The standard InChI is InChI=1S/C13H18N2OS/c14-13-11(7-4-8-15-13)12(16)9-17-10-5-2-1-3-6-10/h4,7-8,10H,1-3,5-6,9H2,(H2,14,15). The van der Waals surface area contributed by atoms with E-state index in [1.54, 1.807) is 30.1 Å². The van der Waals surface area contributed by atoms with Gasteiger partial charge in [-0.05, 0) is 25.0 Å². The van der Waals surface area contributed by atoms with Crippen molar-refractivity contribution in [3.05, 3.63) is 23.9 Å². The molecule has 0 spiro atoms. The van der Waals surface area contributed by atoms with Crippen LogP contribution in [0.2, 0.25) is 0 Å². The number of ketones is 1. The monoisotopic (exact) mass is 250 g/mol. The van der Waals surface area contributed by atoms with Crippen LogP contribution in [0, 0.1) is 0 Å². The summed E-state index contributed by atoms with van der Waals surface area (Å²) in [6, 6.07) is 3.51. The zero-order valence-electron chi connectivity index (χ0n) is 9.89. The van der Waals surface area contributed by atoms with E-state index in [2.05, 4.69) is 4.98 Å². The number of carbonyl (C=O) groups excluding carboxylic acids is 1. The molecule has 0 saturated heterocycles. The summed E-state index contributed by atoms with van der Waals surface area (Å²) < 4.78 is 0. The van der Waals surface area contributed by atoms with Crippen molar-refractivity contribution in [2.45, 2.75) is 37.4 Å². The zero-order valence-corrected chi connectivity index (χ0v) is 10.7. The van der Waals surface area contributed by atoms with Gasteiger partial charge in [0, 0.05) is 11.4 Å². The molecule has 1 heterocycles. The highest BCUT2D eigenvalue weighted by Crippen LogP contribution is 2.28. The number of carbonyl (C=O) groups is 1. The van der Waals surface area contributed by atoms with Crippen LogP contribution in [0.25, 0.3) is 0 Å². The molecule has 0 radical (unpaired) electrons. The molecule has 4 heteroatoms. The van der Waals surface area contributed by atoms with Crippen LogP contribution in [0.3, 0.4) is 0 Å². The minimum atomic E-state index is 0.103. The van der Waals surface area contributed by atoms with E-state index in [9.17, 15) is 4.79 Å². The van der Waals surface area contributed by atoms with Crippen LogP contribution in [0.5, 0.6) is 0 Å². The molecular formula is C13H18N2OS. The number of nitrogens with zero attached hydrogens (tertiary/aromatic N) is 1. The second-order valence-corrected chi connectivity index (χ2v) is 5.72. The zero-order chi connectivity index (χ0) is 12.1. The van der Waals surface area contributed by atoms with E-state index < -0.39 is 0 Å². The first kappa shape index (κ1) is 12.4. The summed E-state index contributed by atoms with van der Waals surface area (Å²) in [5.74, 6) is 0.980. The Morgan fingerprint density at radius 2 is 2.18 bits per heavy atom. The van der Waals surface area contributed by atoms with Crippen molar-refractivity contribution in [1.82, 2.24) is 4.98 Å². The topological polar surface area (TPSA) is 56.0 Å². The van der Waals surface area contributed by atoms with Crippen molar-refractivity contribution in [2.24, 2.45) is 0 Å². The Bertz CT molecular complexity index is 389. The number of rotatable bonds is 4. The fourth-order valence-electron chi connectivity index (χ4n) is 2.16. The van der Waals surface area contributed by atoms with Crippen molar-refractivity contribution in [2.75, 3.05) is 11.5 Å². The van der Waals surface area contributed by atoms with Gasteiger partial charge in [-0.3, -0.25) is 4.79 Å². The molecule has 1 aliphatic carbocycles. The fraction of sp³-hybridized carbons (Fsp3) is 0.538. The van der Waals surface area contributed by atoms with Crippen molar-refractivity contribution in [1.29, 1.82) is 0 Å². The van der Waals surface area contributed by atoms with E-state index in [0.29, 0.717) is 22.4 Å². The molecule has 0 amide bonds. The predicted molar refractivity (Wildman–Crippen MR) is 72.3 cm³/mol. The van der Waals surface area contributed by atoms with Gasteiger partial charge >= 0.3 is 0 Å². The molecule has 3 nitrogen and oxygen atoms in total. The average Bonchev–Trinajstić information content (AvgIpc) is 2.38. The first-order valence-corrected chi connectivity index (χ1v) is 7.17. The number of anilines is 1. The lowest BCUT2D eigenvalue weighted by molar-refractivity contribution is 0.102. The molecule has 0 atom stereocenters. The quantitative estimate of drug-likeness (QED) is 0.835. The molecule has 92 valence electrons. The highest BCUT2D eigenvalue weighted by molar-refractivity contribution is 8.00. The molecule has 1 aromatic heterocycles. The minimum absolute atomic E-state index is 0.103. The van der Waals surface area contributed by atoms with Gasteiger partial charge in [0.05, 0.1) is 11.3 Å². The Morgan fingerprint density at radius 3 is 2.88 bits per heavy atom. The third-order valence-corrected chi connectivity index (χ3v) is 4.51. The van der Waals surface area contributed by atoms with Crippen LogP contribution in [-0.4, -0.2) is 21.8 Å². The fourth-order valence-corrected chi connectivity index (χ4v) is 3.37. The van der Waals surface area contributed by atoms with E-state index in [1.165, 1.54) is 32.1 Å². The van der Waals surface area contributed by atoms with Crippen LogP contribution in [0.4, 0.5) is 5.82 Å². The SMILES string of the molecule is Nc1ncccc1C(=O)CSC1CCCCC1. The summed E-state index contributed by atoms with van der Waals surface area (Å²) in [6.45, 7) is 0. The van der Waals surface area contributed by atoms with Crippen molar-refractivity contribution >= 4 is 23.4 Å². The molecule has 0 bridgehead atoms. The van der Waals surface area contributed by atoms with Crippen LogP contribution < -0.4 is 5.73 Å². The summed E-state index contributed by atoms with van der Waals surface area (Å²) >= 11 is 1.78. The van der Waals surface area contributed by atoms with E-state index >= 15 is 0 Å². The molecule has 1 aliphatic rings. The molecular weight excluding hydrogens is 232 g/mol. The van der Waals surface area contributed by atoms with Gasteiger partial charge < -0.3 is 5.73 Å². The van der Waals surface area contributed by atoms with Crippen LogP contribution in [-0.2, 0) is 0 Å². The molecule has 0 aliphatic heterocycles. The second kappa shape index (κ2) is 6.05. The number of nitrogens with two attached hydrogens (primary N) is 1. The van der Waals surface area contributed by atoms with Crippen molar-refractivity contribution in [3.63, 3.8) is 0 Å². The van der Waals surface area contributed by atoms with Gasteiger partial charge in [0.15, 0.2) is 5.78 Å². The van der Waals surface area contributed by atoms with E-state index in [1.807, 2.05) is 0 Å². The largest absolute Gasteiger partial charge is 0.383 e. The summed E-state index contributed by atoms with van der Waals surface area (Å²) in [6.07, 6.45) is 8.07. The molecule has 0 aromatic carbocycles. The van der Waals surface area contributed by atoms with Gasteiger partial charge in [0.25, 0.3) is 0 Å². The third kappa shape index (κ3) is 3.46. The molecule has 1 saturated carbocycles. The Kier molecular flexibility index (Phi) is 4.42. The summed E-state index contributed by atoms with van der Waals surface area (Å²) in [4.78, 5) is 15.9. The first-order chi connectivity index (χ1) is 8.27. The third-order valence-electron chi connectivity index (χ3n) is 3.14. The number of Topliss-reactive ketones (excluding diaryl/α,β-unsaturated/α-hetero) is 1. The normalized spacial score (nSPS) is 16.9. The first-order valence-electron chi connectivity index (χ1n) is 6.12. The number of pyridine rings is 1. The molecule has 1 fully saturated rings. The van der Waals surface area contributed by atoms with Crippen molar-refractivity contribution in [3.8, 4) is 0 Å². The predicted octanol–water partition coefficient (Wildman–Crippen LogP) is 2.91. The molecule has 2 N–H and O–H groups in total. The molecule has 17 heavy (non-hydrogen) atoms. The molecule has 1 aromatic rings. The lowest BCUT2D eigenvalue weighted by Gasteiger charge is -2.20. The lowest BCUT2D eigenvalue weighted by atomic mass is 10.0. The van der Waals surface area contributed by atoms with E-state index in [-0.39, 0.29) is 5.78 Å². The number of aromatic nitrogens is 1. The molecule has 0 unspecified atom stereocenters. The second-order valence-electron chi connectivity index (χ2n) is 4.43. The lowest BCUT2D eigenvalue weighted by Crippen LogP contribution is -2.13. The van der Waals surface area contributed by atoms with E-state index in [4.69, 9.17) is 5.73 Å². The van der Waals surface area contributed by atoms with Crippen molar-refractivity contribution < 1.29 is 4.79 Å².